The van der Waals surface area contributed by atoms with E-state index in [9.17, 15) is 5.11 Å². The Morgan fingerprint density at radius 3 is 2.45 bits per heavy atom. The van der Waals surface area contributed by atoms with Crippen LogP contribution in [0.3, 0.4) is 0 Å². The molecule has 2 aromatic rings. The molecule has 2 aromatic carbocycles. The molecule has 0 aliphatic heterocycles. The van der Waals surface area contributed by atoms with E-state index in [1.807, 2.05) is 0 Å². The number of ether oxygens (including phenoxy) is 1. The number of hydrogen-bond donors (Lipinski definition) is 1. The van der Waals surface area contributed by atoms with Gasteiger partial charge in [-0.15, -0.1) is 0 Å². The van der Waals surface area contributed by atoms with Crippen LogP contribution in [-0.4, -0.2) is 12.2 Å². The minimum Gasteiger partial charge on any atom is -0.496 e. The molecule has 2 rings (SSSR count). The lowest BCUT2D eigenvalue weighted by Crippen LogP contribution is -2.04. The summed E-state index contributed by atoms with van der Waals surface area (Å²) in [7, 11) is 1.59. The van der Waals surface area contributed by atoms with Crippen LogP contribution in [0, 0.1) is 0 Å². The minimum absolute atomic E-state index is 0.407. The van der Waals surface area contributed by atoms with Crippen LogP contribution < -0.4 is 4.74 Å². The first-order valence-corrected chi connectivity index (χ1v) is 7.51. The Morgan fingerprint density at radius 1 is 1.15 bits per heavy atom. The zero-order valence-corrected chi connectivity index (χ0v) is 13.8. The van der Waals surface area contributed by atoms with Crippen molar-refractivity contribution in [2.45, 2.75) is 12.5 Å². The average molecular weight is 376 g/mol. The summed E-state index contributed by atoms with van der Waals surface area (Å²) in [5.74, 6) is 0.707. The zero-order valence-electron chi connectivity index (χ0n) is 10.7. The van der Waals surface area contributed by atoms with Crippen LogP contribution in [0.4, 0.5) is 0 Å². The Morgan fingerprint density at radius 2 is 1.80 bits per heavy atom. The molecule has 0 amide bonds. The Balaban J connectivity index is 2.27. The van der Waals surface area contributed by atoms with Crippen molar-refractivity contribution in [2.75, 3.05) is 7.11 Å². The summed E-state index contributed by atoms with van der Waals surface area (Å²) in [5, 5.41) is 11.6. The van der Waals surface area contributed by atoms with Crippen molar-refractivity contribution in [2.24, 2.45) is 0 Å². The molecule has 0 bridgehead atoms. The smallest absolute Gasteiger partial charge is 0.122 e. The molecule has 1 N–H and O–H groups in total. The topological polar surface area (TPSA) is 29.5 Å². The number of rotatable bonds is 4. The maximum atomic E-state index is 10.4. The highest BCUT2D eigenvalue weighted by Gasteiger charge is 2.15. The van der Waals surface area contributed by atoms with Gasteiger partial charge in [-0.05, 0) is 41.5 Å². The van der Waals surface area contributed by atoms with Gasteiger partial charge in [0.05, 0.1) is 13.2 Å². The number of methoxy groups -OCH3 is 1. The Labute approximate surface area is 136 Å². The monoisotopic (exact) mass is 374 g/mol. The second kappa shape index (κ2) is 6.81. The molecule has 0 spiro atoms. The molecule has 106 valence electrons. The van der Waals surface area contributed by atoms with E-state index in [1.165, 1.54) is 0 Å². The van der Waals surface area contributed by atoms with Gasteiger partial charge in [0, 0.05) is 20.9 Å². The predicted octanol–water partition coefficient (Wildman–Crippen LogP) is 5.04. The van der Waals surface area contributed by atoms with E-state index in [2.05, 4.69) is 15.9 Å². The summed E-state index contributed by atoms with van der Waals surface area (Å²) in [6, 6.07) is 10.7. The van der Waals surface area contributed by atoms with E-state index >= 15 is 0 Å². The fraction of sp³-hybridized carbons (Fsp3) is 0.200. The summed E-state index contributed by atoms with van der Waals surface area (Å²) in [5.41, 5.74) is 1.63. The van der Waals surface area contributed by atoms with Gasteiger partial charge in [-0.3, -0.25) is 0 Å². The molecule has 2 nitrogen and oxygen atoms in total. The van der Waals surface area contributed by atoms with E-state index in [1.54, 1.807) is 43.5 Å². The first kappa shape index (κ1) is 15.6. The number of hydrogen-bond acceptors (Lipinski definition) is 2. The van der Waals surface area contributed by atoms with Crippen molar-refractivity contribution >= 4 is 39.1 Å². The van der Waals surface area contributed by atoms with Gasteiger partial charge in [-0.1, -0.05) is 45.2 Å². The van der Waals surface area contributed by atoms with Crippen LogP contribution in [0.15, 0.2) is 40.9 Å². The standard InChI is InChI=1S/C15H13BrCl2O2/c1-20-15-5-3-10(17)6-9(15)7-14(19)12-4-2-11(18)8-13(12)16/h2-6,8,14,19H,7H2,1H3. The van der Waals surface area contributed by atoms with Crippen LogP contribution in [0.5, 0.6) is 5.75 Å². The number of aliphatic hydroxyl groups is 1. The van der Waals surface area contributed by atoms with Gasteiger partial charge < -0.3 is 9.84 Å². The average Bonchev–Trinajstić information content (AvgIpc) is 2.38. The molecule has 0 fully saturated rings. The normalized spacial score (nSPS) is 12.2. The lowest BCUT2D eigenvalue weighted by Gasteiger charge is -2.15. The summed E-state index contributed by atoms with van der Waals surface area (Å²) < 4.78 is 6.06. The summed E-state index contributed by atoms with van der Waals surface area (Å²) in [4.78, 5) is 0. The predicted molar refractivity (Wildman–Crippen MR) is 85.8 cm³/mol. The minimum atomic E-state index is -0.672. The zero-order chi connectivity index (χ0) is 14.7. The maximum absolute atomic E-state index is 10.4. The number of halogens is 3. The van der Waals surface area contributed by atoms with Crippen molar-refractivity contribution in [3.8, 4) is 5.75 Å². The molecule has 20 heavy (non-hydrogen) atoms. The lowest BCUT2D eigenvalue weighted by molar-refractivity contribution is 0.176. The largest absolute Gasteiger partial charge is 0.496 e. The third-order valence-electron chi connectivity index (χ3n) is 2.98. The van der Waals surface area contributed by atoms with Crippen LogP contribution in [0.2, 0.25) is 10.0 Å². The molecule has 0 aliphatic carbocycles. The van der Waals surface area contributed by atoms with Crippen LogP contribution >= 0.6 is 39.1 Å². The number of aliphatic hydroxyl groups excluding tert-OH is 1. The Bertz CT molecular complexity index is 617. The molecule has 0 aliphatic rings. The molecular weight excluding hydrogens is 363 g/mol. The van der Waals surface area contributed by atoms with E-state index in [4.69, 9.17) is 27.9 Å². The van der Waals surface area contributed by atoms with Crippen molar-refractivity contribution in [3.05, 3.63) is 62.0 Å². The molecule has 5 heteroatoms. The van der Waals surface area contributed by atoms with E-state index in [-0.39, 0.29) is 0 Å². The summed E-state index contributed by atoms with van der Waals surface area (Å²) in [6.45, 7) is 0. The molecule has 1 unspecified atom stereocenters. The SMILES string of the molecule is COc1ccc(Cl)cc1CC(O)c1ccc(Cl)cc1Br. The van der Waals surface area contributed by atoms with E-state index in [0.29, 0.717) is 22.2 Å². The highest BCUT2D eigenvalue weighted by molar-refractivity contribution is 9.10. The summed E-state index contributed by atoms with van der Waals surface area (Å²) in [6.07, 6.45) is -0.266. The summed E-state index contributed by atoms with van der Waals surface area (Å²) >= 11 is 15.3. The van der Waals surface area contributed by atoms with Crippen LogP contribution in [0.25, 0.3) is 0 Å². The Hall–Kier alpha value is -0.740. The van der Waals surface area contributed by atoms with Crippen molar-refractivity contribution in [1.82, 2.24) is 0 Å². The van der Waals surface area contributed by atoms with Crippen LogP contribution in [-0.2, 0) is 6.42 Å². The quantitative estimate of drug-likeness (QED) is 0.810. The Kier molecular flexibility index (Phi) is 5.33. The van der Waals surface area contributed by atoms with Gasteiger partial charge in [-0.25, -0.2) is 0 Å². The first-order chi connectivity index (χ1) is 9.51. The fourth-order valence-electron chi connectivity index (χ4n) is 2.00. The molecular formula is C15H13BrCl2O2. The van der Waals surface area contributed by atoms with E-state index < -0.39 is 6.10 Å². The van der Waals surface area contributed by atoms with Crippen molar-refractivity contribution < 1.29 is 9.84 Å². The highest BCUT2D eigenvalue weighted by atomic mass is 79.9. The second-order valence-electron chi connectivity index (χ2n) is 4.34. The molecule has 1 atom stereocenters. The molecule has 0 saturated carbocycles. The van der Waals surface area contributed by atoms with Gasteiger partial charge >= 0.3 is 0 Å². The van der Waals surface area contributed by atoms with Gasteiger partial charge in [0.25, 0.3) is 0 Å². The highest BCUT2D eigenvalue weighted by Crippen LogP contribution is 2.32. The third-order valence-corrected chi connectivity index (χ3v) is 4.13. The van der Waals surface area contributed by atoms with E-state index in [0.717, 1.165) is 15.6 Å². The lowest BCUT2D eigenvalue weighted by atomic mass is 10.0. The third kappa shape index (κ3) is 3.67. The fourth-order valence-corrected chi connectivity index (χ4v) is 3.14. The molecule has 0 radical (unpaired) electrons. The second-order valence-corrected chi connectivity index (χ2v) is 6.07. The van der Waals surface area contributed by atoms with Crippen molar-refractivity contribution in [3.63, 3.8) is 0 Å². The molecule has 0 saturated heterocycles. The first-order valence-electron chi connectivity index (χ1n) is 5.96. The van der Waals surface area contributed by atoms with Gasteiger partial charge in [0.15, 0.2) is 0 Å². The number of benzene rings is 2. The molecule has 0 heterocycles. The van der Waals surface area contributed by atoms with Gasteiger partial charge in [0.2, 0.25) is 0 Å². The van der Waals surface area contributed by atoms with Crippen molar-refractivity contribution in [1.29, 1.82) is 0 Å². The van der Waals surface area contributed by atoms with Gasteiger partial charge in [0.1, 0.15) is 5.75 Å². The maximum Gasteiger partial charge on any atom is 0.122 e. The van der Waals surface area contributed by atoms with Crippen LogP contribution in [0.1, 0.15) is 17.2 Å². The van der Waals surface area contributed by atoms with Gasteiger partial charge in [-0.2, -0.15) is 0 Å². The molecule has 0 aromatic heterocycles.